The van der Waals surface area contributed by atoms with Crippen LogP contribution in [0.4, 0.5) is 0 Å². The molecule has 53 heavy (non-hydrogen) atoms. The highest BCUT2D eigenvalue weighted by Gasteiger charge is 2.51. The molecule has 2 aromatic heterocycles. The Hall–Kier alpha value is -6.97. The van der Waals surface area contributed by atoms with Crippen molar-refractivity contribution in [3.05, 3.63) is 203 Å². The van der Waals surface area contributed by atoms with Crippen molar-refractivity contribution in [3.8, 4) is 33.4 Å². The highest BCUT2D eigenvalue weighted by atomic mass is 16.3. The van der Waals surface area contributed by atoms with Gasteiger partial charge in [-0.3, -0.25) is 4.79 Å². The third-order valence-electron chi connectivity index (χ3n) is 11.7. The van der Waals surface area contributed by atoms with E-state index in [2.05, 4.69) is 133 Å². The Morgan fingerprint density at radius 1 is 0.340 bits per heavy atom. The van der Waals surface area contributed by atoms with Crippen molar-refractivity contribution < 1.29 is 13.6 Å². The smallest absolute Gasteiger partial charge is 0.193 e. The van der Waals surface area contributed by atoms with E-state index in [0.29, 0.717) is 11.1 Å². The number of carbonyl (C=O) groups excluding carboxylic acids is 1. The van der Waals surface area contributed by atoms with Crippen LogP contribution in [0.15, 0.2) is 179 Å². The minimum atomic E-state index is -0.681. The normalized spacial score (nSPS) is 13.8. The van der Waals surface area contributed by atoms with E-state index in [4.69, 9.17) is 8.83 Å². The fraction of sp³-hybridized carbons (Fsp3) is 0.0200. The molecule has 12 rings (SSSR count). The van der Waals surface area contributed by atoms with E-state index in [-0.39, 0.29) is 5.78 Å². The molecule has 0 amide bonds. The molecule has 0 fully saturated rings. The number of carbonyl (C=O) groups is 1. The average Bonchev–Trinajstić information content (AvgIpc) is 3.89. The van der Waals surface area contributed by atoms with Gasteiger partial charge < -0.3 is 8.83 Å². The first-order chi connectivity index (χ1) is 26.2. The van der Waals surface area contributed by atoms with E-state index >= 15 is 4.79 Å². The molecule has 0 saturated heterocycles. The van der Waals surface area contributed by atoms with Crippen LogP contribution in [-0.4, -0.2) is 5.78 Å². The van der Waals surface area contributed by atoms with Crippen LogP contribution in [0.25, 0.3) is 77.3 Å². The Bertz CT molecular complexity index is 2990. The van der Waals surface area contributed by atoms with Crippen LogP contribution in [0.2, 0.25) is 0 Å². The van der Waals surface area contributed by atoms with Gasteiger partial charge in [-0.05, 0) is 68.8 Å². The number of hydrogen-bond acceptors (Lipinski definition) is 3. The second-order valence-electron chi connectivity index (χ2n) is 14.3. The molecule has 0 bridgehead atoms. The summed E-state index contributed by atoms with van der Waals surface area (Å²) in [6, 6.07) is 59.1. The fourth-order valence-corrected chi connectivity index (χ4v) is 9.51. The second-order valence-corrected chi connectivity index (χ2v) is 14.3. The lowest BCUT2D eigenvalue weighted by Gasteiger charge is -2.39. The van der Waals surface area contributed by atoms with Gasteiger partial charge in [-0.2, -0.15) is 0 Å². The zero-order valence-electron chi connectivity index (χ0n) is 28.4. The molecule has 0 radical (unpaired) electrons. The molecule has 0 N–H and O–H groups in total. The first-order valence-electron chi connectivity index (χ1n) is 18.0. The van der Waals surface area contributed by atoms with Crippen LogP contribution < -0.4 is 0 Å². The molecule has 246 valence electrons. The summed E-state index contributed by atoms with van der Waals surface area (Å²) in [5.41, 5.74) is 14.7. The summed E-state index contributed by atoms with van der Waals surface area (Å²) in [5, 5.41) is 4.29. The second kappa shape index (κ2) is 10.3. The average molecular weight is 677 g/mol. The van der Waals surface area contributed by atoms with Gasteiger partial charge in [0.25, 0.3) is 0 Å². The maximum atomic E-state index is 15.2. The molecule has 3 heteroatoms. The van der Waals surface area contributed by atoms with Gasteiger partial charge in [0.05, 0.1) is 5.41 Å². The Labute approximate surface area is 304 Å². The standard InChI is InChI=1S/C50H28O3/c51-47-39-27-29(31-15-9-17-37-35-13-3-7-21-45(35)52-48(31)37)23-25-43(39)50(41-19-5-1-11-33(41)34-12-2-6-20-42(34)50)44-26-24-30(28-40(44)47)32-16-10-18-38-36-14-4-8-22-46(36)53-49(32)38/h1-28H. The summed E-state index contributed by atoms with van der Waals surface area (Å²) in [6.45, 7) is 0. The van der Waals surface area contributed by atoms with Crippen molar-refractivity contribution in [2.24, 2.45) is 0 Å². The van der Waals surface area contributed by atoms with Crippen LogP contribution in [0.3, 0.4) is 0 Å². The van der Waals surface area contributed by atoms with Crippen molar-refractivity contribution in [2.75, 3.05) is 0 Å². The summed E-state index contributed by atoms with van der Waals surface area (Å²) >= 11 is 0. The molecule has 0 aliphatic heterocycles. The Kier molecular flexibility index (Phi) is 5.58. The van der Waals surface area contributed by atoms with Crippen LogP contribution in [0.1, 0.15) is 38.2 Å². The van der Waals surface area contributed by atoms with Gasteiger partial charge in [-0.25, -0.2) is 0 Å². The summed E-state index contributed by atoms with van der Waals surface area (Å²) in [5.74, 6) is 0.0137. The first kappa shape index (κ1) is 28.7. The lowest BCUT2D eigenvalue weighted by molar-refractivity contribution is 0.103. The summed E-state index contributed by atoms with van der Waals surface area (Å²) < 4.78 is 13.0. The van der Waals surface area contributed by atoms with Crippen molar-refractivity contribution >= 4 is 49.7 Å². The first-order valence-corrected chi connectivity index (χ1v) is 18.0. The number of ketones is 1. The van der Waals surface area contributed by atoms with Gasteiger partial charge in [0.15, 0.2) is 5.78 Å². The molecule has 2 aliphatic rings. The summed E-state index contributed by atoms with van der Waals surface area (Å²) in [4.78, 5) is 15.2. The predicted octanol–water partition coefficient (Wildman–Crippen LogP) is 12.7. The maximum absolute atomic E-state index is 15.2. The molecule has 0 atom stereocenters. The van der Waals surface area contributed by atoms with E-state index in [1.165, 1.54) is 22.3 Å². The number of fused-ring (bicyclic) bond motifs is 15. The Morgan fingerprint density at radius 2 is 0.736 bits per heavy atom. The number of rotatable bonds is 2. The Morgan fingerprint density at radius 3 is 1.25 bits per heavy atom. The molecule has 8 aromatic carbocycles. The van der Waals surface area contributed by atoms with Crippen LogP contribution in [0.5, 0.6) is 0 Å². The number of hydrogen-bond donors (Lipinski definition) is 0. The van der Waals surface area contributed by atoms with E-state index in [1.807, 2.05) is 36.4 Å². The van der Waals surface area contributed by atoms with Crippen molar-refractivity contribution in [1.82, 2.24) is 0 Å². The number of furan rings is 2. The van der Waals surface area contributed by atoms with E-state index in [9.17, 15) is 0 Å². The Balaban J connectivity index is 1.14. The van der Waals surface area contributed by atoms with Crippen molar-refractivity contribution in [1.29, 1.82) is 0 Å². The number of benzene rings is 8. The quantitative estimate of drug-likeness (QED) is 0.183. The van der Waals surface area contributed by atoms with Crippen LogP contribution >= 0.6 is 0 Å². The highest BCUT2D eigenvalue weighted by molar-refractivity contribution is 6.17. The van der Waals surface area contributed by atoms with Gasteiger partial charge >= 0.3 is 0 Å². The van der Waals surface area contributed by atoms with Gasteiger partial charge in [-0.15, -0.1) is 0 Å². The maximum Gasteiger partial charge on any atom is 0.193 e. The zero-order chi connectivity index (χ0) is 34.8. The zero-order valence-corrected chi connectivity index (χ0v) is 28.4. The topological polar surface area (TPSA) is 43.4 Å². The lowest BCUT2D eigenvalue weighted by Crippen LogP contribution is -2.36. The minimum Gasteiger partial charge on any atom is -0.455 e. The molecular weight excluding hydrogens is 649 g/mol. The van der Waals surface area contributed by atoms with E-state index < -0.39 is 5.41 Å². The largest absolute Gasteiger partial charge is 0.455 e. The molecule has 1 spiro atoms. The van der Waals surface area contributed by atoms with Gasteiger partial charge in [0.1, 0.15) is 22.3 Å². The van der Waals surface area contributed by atoms with Gasteiger partial charge in [0.2, 0.25) is 0 Å². The molecule has 2 heterocycles. The monoisotopic (exact) mass is 676 g/mol. The summed E-state index contributed by atoms with van der Waals surface area (Å²) in [6.07, 6.45) is 0. The molecule has 0 unspecified atom stereocenters. The lowest BCUT2D eigenvalue weighted by atomic mass is 9.61. The van der Waals surface area contributed by atoms with Gasteiger partial charge in [0, 0.05) is 43.8 Å². The SMILES string of the molecule is O=C1c2cc(-c3cccc4c3oc3ccccc34)ccc2C2(c3ccc(-c4cccc5c4oc4ccccc45)cc31)c1ccccc1-c1ccccc12. The molecule has 2 aliphatic carbocycles. The molecule has 0 saturated carbocycles. The fourth-order valence-electron chi connectivity index (χ4n) is 9.51. The van der Waals surface area contributed by atoms with Crippen LogP contribution in [0, 0.1) is 0 Å². The summed E-state index contributed by atoms with van der Waals surface area (Å²) in [7, 11) is 0. The minimum absolute atomic E-state index is 0.0137. The number of para-hydroxylation sites is 4. The van der Waals surface area contributed by atoms with Crippen molar-refractivity contribution in [3.63, 3.8) is 0 Å². The highest BCUT2D eigenvalue weighted by Crippen LogP contribution is 2.60. The predicted molar refractivity (Wildman–Crippen MR) is 213 cm³/mol. The van der Waals surface area contributed by atoms with Crippen molar-refractivity contribution in [2.45, 2.75) is 5.41 Å². The molecular formula is C50H28O3. The van der Waals surface area contributed by atoms with Gasteiger partial charge in [-0.1, -0.05) is 146 Å². The molecule has 3 nitrogen and oxygen atoms in total. The third-order valence-corrected chi connectivity index (χ3v) is 11.7. The van der Waals surface area contributed by atoms with E-state index in [0.717, 1.165) is 77.3 Å². The molecule has 10 aromatic rings. The van der Waals surface area contributed by atoms with E-state index in [1.54, 1.807) is 0 Å². The van der Waals surface area contributed by atoms with Crippen LogP contribution in [-0.2, 0) is 5.41 Å². The third kappa shape index (κ3) is 3.66.